The average Bonchev–Trinajstić information content (AvgIpc) is 3.02. The van der Waals surface area contributed by atoms with Crippen LogP contribution in [0.1, 0.15) is 16.8 Å². The number of methoxy groups -OCH3 is 1. The van der Waals surface area contributed by atoms with E-state index in [-0.39, 0.29) is 11.7 Å². The zero-order valence-corrected chi connectivity index (χ0v) is 15.3. The number of rotatable bonds is 4. The highest BCUT2D eigenvalue weighted by Gasteiger charge is 2.39. The van der Waals surface area contributed by atoms with Crippen LogP contribution in [-0.2, 0) is 0 Å². The maximum Gasteiger partial charge on any atom is 0.390 e. The molecule has 3 rings (SSSR count). The van der Waals surface area contributed by atoms with Crippen LogP contribution in [0.3, 0.4) is 0 Å². The number of carbonyl (C=O) groups is 1. The number of ether oxygens (including phenoxy) is 1. The molecule has 8 heteroatoms. The molecule has 1 aliphatic heterocycles. The molecule has 0 radical (unpaired) electrons. The molecule has 0 N–H and O–H groups in total. The van der Waals surface area contributed by atoms with E-state index in [0.29, 0.717) is 17.0 Å². The summed E-state index contributed by atoms with van der Waals surface area (Å²) in [6.45, 7) is 0.109. The van der Waals surface area contributed by atoms with Gasteiger partial charge in [-0.3, -0.25) is 4.79 Å². The lowest BCUT2D eigenvalue weighted by molar-refractivity contribution is -0.133. The summed E-state index contributed by atoms with van der Waals surface area (Å²) < 4.78 is 43.7. The number of amides is 1. The summed E-state index contributed by atoms with van der Waals surface area (Å²) >= 11 is 0.971. The second kappa shape index (κ2) is 8.04. The van der Waals surface area contributed by atoms with Crippen molar-refractivity contribution in [2.75, 3.05) is 18.6 Å². The van der Waals surface area contributed by atoms with E-state index >= 15 is 0 Å². The van der Waals surface area contributed by atoms with Gasteiger partial charge in [-0.25, -0.2) is 0 Å². The molecule has 0 aliphatic carbocycles. The van der Waals surface area contributed by atoms with Crippen molar-refractivity contribution >= 4 is 28.5 Å². The van der Waals surface area contributed by atoms with Crippen LogP contribution in [0.15, 0.2) is 59.6 Å². The summed E-state index contributed by atoms with van der Waals surface area (Å²) in [7, 11) is 1.51. The number of amidine groups is 1. The van der Waals surface area contributed by atoms with Crippen LogP contribution >= 0.6 is 11.8 Å². The van der Waals surface area contributed by atoms with E-state index in [1.165, 1.54) is 7.11 Å². The highest BCUT2D eigenvalue weighted by Crippen LogP contribution is 2.37. The van der Waals surface area contributed by atoms with E-state index in [9.17, 15) is 18.0 Å². The van der Waals surface area contributed by atoms with Crippen LogP contribution in [0, 0.1) is 0 Å². The first-order valence-corrected chi connectivity index (χ1v) is 9.07. The lowest BCUT2D eigenvalue weighted by Crippen LogP contribution is -2.27. The fourth-order valence-corrected chi connectivity index (χ4v) is 3.95. The molecule has 1 unspecified atom stereocenters. The van der Waals surface area contributed by atoms with Crippen molar-refractivity contribution < 1.29 is 22.7 Å². The number of thioether (sulfide) groups is 1. The number of carbonyl (C=O) groups excluding carboxylic acids is 1. The van der Waals surface area contributed by atoms with E-state index in [2.05, 4.69) is 4.99 Å². The molecule has 2 aromatic rings. The Morgan fingerprint density at radius 3 is 2.63 bits per heavy atom. The molecule has 0 saturated carbocycles. The van der Waals surface area contributed by atoms with Crippen LogP contribution in [0.5, 0.6) is 5.75 Å². The Hall–Kier alpha value is -2.48. The molecule has 1 atom stereocenters. The topological polar surface area (TPSA) is 41.9 Å². The van der Waals surface area contributed by atoms with Crippen molar-refractivity contribution in [2.24, 2.45) is 4.99 Å². The van der Waals surface area contributed by atoms with Crippen molar-refractivity contribution in [3.05, 3.63) is 60.2 Å². The zero-order valence-electron chi connectivity index (χ0n) is 14.4. The monoisotopic (exact) mass is 394 g/mol. The first kappa shape index (κ1) is 19.3. The Bertz CT molecular complexity index is 840. The first-order chi connectivity index (χ1) is 12.9. The lowest BCUT2D eigenvalue weighted by Gasteiger charge is -2.19. The molecule has 1 aliphatic rings. The quantitative estimate of drug-likeness (QED) is 0.749. The van der Waals surface area contributed by atoms with Crippen LogP contribution in [0.4, 0.5) is 18.9 Å². The lowest BCUT2D eigenvalue weighted by atomic mass is 10.2. The average molecular weight is 394 g/mol. The normalized spacial score (nSPS) is 18.7. The molecule has 0 spiro atoms. The minimum atomic E-state index is -4.28. The fraction of sp³-hybridized carbons (Fsp3) is 0.263. The van der Waals surface area contributed by atoms with Crippen molar-refractivity contribution in [3.63, 3.8) is 0 Å². The highest BCUT2D eigenvalue weighted by atomic mass is 32.2. The van der Waals surface area contributed by atoms with E-state index in [1.807, 2.05) is 0 Å². The second-order valence-corrected chi connectivity index (χ2v) is 7.20. The van der Waals surface area contributed by atoms with Gasteiger partial charge >= 0.3 is 6.18 Å². The standard InChI is InChI=1S/C19H17F3N2O2S/c1-26-15-9-5-8-14(10-15)24-12-16(11-19(20,21)22)27-18(24)23-17(25)13-6-3-2-4-7-13/h2-10,16H,11-12H2,1H3. The van der Waals surface area contributed by atoms with Gasteiger partial charge in [-0.2, -0.15) is 18.2 Å². The Morgan fingerprint density at radius 2 is 1.96 bits per heavy atom. The van der Waals surface area contributed by atoms with Gasteiger partial charge in [0.25, 0.3) is 5.91 Å². The molecule has 4 nitrogen and oxygen atoms in total. The molecule has 142 valence electrons. The van der Waals surface area contributed by atoms with Crippen LogP contribution in [0.2, 0.25) is 0 Å². The Balaban J connectivity index is 1.91. The van der Waals surface area contributed by atoms with Gasteiger partial charge in [0.1, 0.15) is 5.75 Å². The van der Waals surface area contributed by atoms with E-state index in [1.54, 1.807) is 59.5 Å². The summed E-state index contributed by atoms with van der Waals surface area (Å²) in [5.41, 5.74) is 1.02. The van der Waals surface area contributed by atoms with E-state index < -0.39 is 23.8 Å². The van der Waals surface area contributed by atoms with Crippen LogP contribution < -0.4 is 9.64 Å². The molecule has 1 heterocycles. The maximum atomic E-state index is 12.9. The Morgan fingerprint density at radius 1 is 1.22 bits per heavy atom. The molecular formula is C19H17F3N2O2S. The molecule has 1 amide bonds. The molecule has 1 fully saturated rings. The maximum absolute atomic E-state index is 12.9. The van der Waals surface area contributed by atoms with E-state index in [0.717, 1.165) is 11.8 Å². The summed E-state index contributed by atoms with van der Waals surface area (Å²) in [5.74, 6) is 0.0872. The SMILES string of the molecule is COc1cccc(N2CC(CC(F)(F)F)SC2=NC(=O)c2ccccc2)c1. The summed E-state index contributed by atoms with van der Waals surface area (Å²) in [4.78, 5) is 18.1. The van der Waals surface area contributed by atoms with Crippen molar-refractivity contribution in [2.45, 2.75) is 17.8 Å². The molecule has 2 aromatic carbocycles. The number of aliphatic imine (C=N–C) groups is 1. The number of nitrogens with zero attached hydrogens (tertiary/aromatic N) is 2. The third-order valence-electron chi connectivity index (χ3n) is 3.93. The van der Waals surface area contributed by atoms with Gasteiger partial charge in [-0.1, -0.05) is 36.0 Å². The fourth-order valence-electron chi connectivity index (χ4n) is 2.71. The van der Waals surface area contributed by atoms with Crippen LogP contribution in [-0.4, -0.2) is 36.2 Å². The van der Waals surface area contributed by atoms with Gasteiger partial charge in [-0.05, 0) is 24.3 Å². The molecule has 0 bridgehead atoms. The van der Waals surface area contributed by atoms with Crippen molar-refractivity contribution in [1.29, 1.82) is 0 Å². The Kier molecular flexibility index (Phi) is 5.74. The summed E-state index contributed by atoms with van der Waals surface area (Å²) in [5, 5.41) is -0.482. The largest absolute Gasteiger partial charge is 0.497 e. The number of alkyl halides is 3. The molecule has 1 saturated heterocycles. The van der Waals surface area contributed by atoms with Gasteiger partial charge in [0.2, 0.25) is 0 Å². The number of hydrogen-bond acceptors (Lipinski definition) is 3. The van der Waals surface area contributed by atoms with Gasteiger partial charge in [0.15, 0.2) is 5.17 Å². The Labute approximate surface area is 159 Å². The minimum Gasteiger partial charge on any atom is -0.497 e. The molecule has 0 aromatic heterocycles. The van der Waals surface area contributed by atoms with E-state index in [4.69, 9.17) is 4.74 Å². The second-order valence-electron chi connectivity index (χ2n) is 5.94. The molecular weight excluding hydrogens is 377 g/mol. The van der Waals surface area contributed by atoms with Crippen LogP contribution in [0.25, 0.3) is 0 Å². The van der Waals surface area contributed by atoms with Crippen molar-refractivity contribution in [1.82, 2.24) is 0 Å². The van der Waals surface area contributed by atoms with Gasteiger partial charge in [0, 0.05) is 29.1 Å². The zero-order chi connectivity index (χ0) is 19.4. The summed E-state index contributed by atoms with van der Waals surface area (Å²) in [6.07, 6.45) is -5.23. The predicted octanol–water partition coefficient (Wildman–Crippen LogP) is 4.77. The van der Waals surface area contributed by atoms with Gasteiger partial charge < -0.3 is 9.64 Å². The highest BCUT2D eigenvalue weighted by molar-refractivity contribution is 8.15. The van der Waals surface area contributed by atoms with Crippen molar-refractivity contribution in [3.8, 4) is 5.75 Å². The third kappa shape index (κ3) is 5.03. The van der Waals surface area contributed by atoms with Gasteiger partial charge in [0.05, 0.1) is 13.5 Å². The smallest absolute Gasteiger partial charge is 0.390 e. The summed E-state index contributed by atoms with van der Waals surface area (Å²) in [6, 6.07) is 15.4. The van der Waals surface area contributed by atoms with Gasteiger partial charge in [-0.15, -0.1) is 0 Å². The molecule has 27 heavy (non-hydrogen) atoms. The third-order valence-corrected chi connectivity index (χ3v) is 5.10. The number of benzene rings is 2. The first-order valence-electron chi connectivity index (χ1n) is 8.19. The number of anilines is 1. The number of halogens is 3. The predicted molar refractivity (Wildman–Crippen MR) is 101 cm³/mol. The number of hydrogen-bond donors (Lipinski definition) is 0. The minimum absolute atomic E-state index is 0.109.